The lowest BCUT2D eigenvalue weighted by Crippen LogP contribution is -2.31. The molecule has 2 atom stereocenters. The van der Waals surface area contributed by atoms with E-state index in [1.54, 1.807) is 6.20 Å². The van der Waals surface area contributed by atoms with Crippen LogP contribution in [-0.2, 0) is 0 Å². The zero-order valence-corrected chi connectivity index (χ0v) is 12.5. The number of aromatic nitrogens is 1. The number of hydrogen-bond acceptors (Lipinski definition) is 4. The Morgan fingerprint density at radius 1 is 1.19 bits per heavy atom. The van der Waals surface area contributed by atoms with E-state index in [4.69, 9.17) is 0 Å². The fraction of sp³-hybridized carbons (Fsp3) is 0.375. The van der Waals surface area contributed by atoms with Crippen LogP contribution in [0.5, 0.6) is 0 Å². The Balaban J connectivity index is 1.52. The standard InChI is InChI=1S/C16H17N3OS/c20-16(19-9-12-6-17-7-13(12)10-19)14-8-18-15(21-14)11-4-2-1-3-5-11/h1-5,8,12-13,17H,6-7,9-10H2/t12-,13+. The molecule has 1 aromatic carbocycles. The van der Waals surface area contributed by atoms with Gasteiger partial charge in [0.1, 0.15) is 9.88 Å². The molecular weight excluding hydrogens is 282 g/mol. The van der Waals surface area contributed by atoms with E-state index >= 15 is 0 Å². The summed E-state index contributed by atoms with van der Waals surface area (Å²) in [5.41, 5.74) is 1.07. The van der Waals surface area contributed by atoms with Crippen molar-refractivity contribution >= 4 is 17.2 Å². The fourth-order valence-electron chi connectivity index (χ4n) is 3.26. The van der Waals surface area contributed by atoms with Gasteiger partial charge < -0.3 is 10.2 Å². The number of nitrogens with one attached hydrogen (secondary N) is 1. The predicted molar refractivity (Wildman–Crippen MR) is 83.3 cm³/mol. The van der Waals surface area contributed by atoms with Gasteiger partial charge in [-0.25, -0.2) is 4.98 Å². The largest absolute Gasteiger partial charge is 0.337 e. The molecule has 0 spiro atoms. The number of carbonyl (C=O) groups excluding carboxylic acids is 1. The monoisotopic (exact) mass is 299 g/mol. The van der Waals surface area contributed by atoms with E-state index < -0.39 is 0 Å². The maximum atomic E-state index is 12.6. The normalized spacial score (nSPS) is 24.3. The molecule has 0 unspecified atom stereocenters. The van der Waals surface area contributed by atoms with Crippen LogP contribution in [0.4, 0.5) is 0 Å². The Morgan fingerprint density at radius 3 is 2.62 bits per heavy atom. The van der Waals surface area contributed by atoms with Crippen LogP contribution in [0.3, 0.4) is 0 Å². The minimum absolute atomic E-state index is 0.143. The maximum absolute atomic E-state index is 12.6. The van der Waals surface area contributed by atoms with E-state index in [2.05, 4.69) is 10.3 Å². The number of nitrogens with zero attached hydrogens (tertiary/aromatic N) is 2. The third-order valence-corrected chi connectivity index (χ3v) is 5.45. The zero-order valence-electron chi connectivity index (χ0n) is 11.7. The van der Waals surface area contributed by atoms with Gasteiger partial charge >= 0.3 is 0 Å². The van der Waals surface area contributed by atoms with Gasteiger partial charge in [0.25, 0.3) is 5.91 Å². The average molecular weight is 299 g/mol. The van der Waals surface area contributed by atoms with E-state index in [-0.39, 0.29) is 5.91 Å². The van der Waals surface area contributed by atoms with E-state index in [0.29, 0.717) is 11.8 Å². The van der Waals surface area contributed by atoms with Crippen molar-refractivity contribution in [2.75, 3.05) is 26.2 Å². The van der Waals surface area contributed by atoms with Crippen molar-refractivity contribution in [1.82, 2.24) is 15.2 Å². The molecule has 5 heteroatoms. The first kappa shape index (κ1) is 13.0. The second-order valence-corrected chi connectivity index (χ2v) is 6.81. The summed E-state index contributed by atoms with van der Waals surface area (Å²) >= 11 is 1.49. The summed E-state index contributed by atoms with van der Waals surface area (Å²) in [4.78, 5) is 19.8. The van der Waals surface area contributed by atoms with Crippen LogP contribution in [0, 0.1) is 11.8 Å². The van der Waals surface area contributed by atoms with Gasteiger partial charge in [0, 0.05) is 31.7 Å². The molecule has 2 aliphatic rings. The molecule has 4 nitrogen and oxygen atoms in total. The fourth-order valence-corrected chi connectivity index (χ4v) is 4.15. The molecule has 1 amide bonds. The third-order valence-electron chi connectivity index (χ3n) is 4.41. The molecule has 0 radical (unpaired) electrons. The number of likely N-dealkylation sites (tertiary alicyclic amines) is 1. The average Bonchev–Trinajstić information content (AvgIpc) is 3.22. The van der Waals surface area contributed by atoms with Crippen molar-refractivity contribution in [2.45, 2.75) is 0 Å². The van der Waals surface area contributed by atoms with Crippen LogP contribution in [0.25, 0.3) is 10.6 Å². The maximum Gasteiger partial charge on any atom is 0.265 e. The van der Waals surface area contributed by atoms with Crippen molar-refractivity contribution in [3.8, 4) is 10.6 Å². The highest BCUT2D eigenvalue weighted by Crippen LogP contribution is 2.30. The second kappa shape index (κ2) is 5.24. The first-order valence-corrected chi connectivity index (χ1v) is 8.14. The van der Waals surface area contributed by atoms with Crippen molar-refractivity contribution < 1.29 is 4.79 Å². The number of amides is 1. The molecule has 2 saturated heterocycles. The molecule has 2 fully saturated rings. The molecule has 4 rings (SSSR count). The Bertz CT molecular complexity index is 643. The van der Waals surface area contributed by atoms with E-state index in [1.165, 1.54) is 11.3 Å². The van der Waals surface area contributed by atoms with Gasteiger partial charge in [0.2, 0.25) is 0 Å². The number of rotatable bonds is 2. The van der Waals surface area contributed by atoms with Crippen LogP contribution in [0.1, 0.15) is 9.67 Å². The van der Waals surface area contributed by atoms with E-state index in [9.17, 15) is 4.79 Å². The summed E-state index contributed by atoms with van der Waals surface area (Å²) in [7, 11) is 0. The Morgan fingerprint density at radius 2 is 1.90 bits per heavy atom. The quantitative estimate of drug-likeness (QED) is 0.923. The molecule has 1 aromatic heterocycles. The van der Waals surface area contributed by atoms with Crippen LogP contribution < -0.4 is 5.32 Å². The lowest BCUT2D eigenvalue weighted by molar-refractivity contribution is 0.0786. The van der Waals surface area contributed by atoms with Crippen molar-refractivity contribution in [1.29, 1.82) is 0 Å². The van der Waals surface area contributed by atoms with Gasteiger partial charge in [-0.1, -0.05) is 30.3 Å². The highest BCUT2D eigenvalue weighted by molar-refractivity contribution is 7.16. The van der Waals surface area contributed by atoms with Crippen molar-refractivity contribution in [2.24, 2.45) is 11.8 Å². The van der Waals surface area contributed by atoms with Gasteiger partial charge in [-0.2, -0.15) is 0 Å². The molecule has 108 valence electrons. The number of carbonyl (C=O) groups is 1. The van der Waals surface area contributed by atoms with Gasteiger partial charge in [-0.05, 0) is 11.8 Å². The Hall–Kier alpha value is -1.72. The topological polar surface area (TPSA) is 45.2 Å². The lowest BCUT2D eigenvalue weighted by atomic mass is 10.0. The molecule has 0 bridgehead atoms. The minimum Gasteiger partial charge on any atom is -0.337 e. The first-order valence-electron chi connectivity index (χ1n) is 7.32. The van der Waals surface area contributed by atoms with Gasteiger partial charge in [-0.3, -0.25) is 4.79 Å². The number of thiazole rings is 1. The number of fused-ring (bicyclic) bond motifs is 1. The highest BCUT2D eigenvalue weighted by atomic mass is 32.1. The summed E-state index contributed by atoms with van der Waals surface area (Å²) in [6, 6.07) is 10.0. The van der Waals surface area contributed by atoms with Crippen molar-refractivity contribution in [3.63, 3.8) is 0 Å². The first-order chi connectivity index (χ1) is 10.3. The number of benzene rings is 1. The summed E-state index contributed by atoms with van der Waals surface area (Å²) < 4.78 is 0. The SMILES string of the molecule is O=C(c1cnc(-c2ccccc2)s1)N1C[C@H]2CNC[C@H]2C1. The minimum atomic E-state index is 0.143. The van der Waals surface area contributed by atoms with Crippen LogP contribution >= 0.6 is 11.3 Å². The molecule has 21 heavy (non-hydrogen) atoms. The van der Waals surface area contributed by atoms with E-state index in [1.807, 2.05) is 35.2 Å². The molecule has 1 N–H and O–H groups in total. The van der Waals surface area contributed by atoms with Gasteiger partial charge in [-0.15, -0.1) is 11.3 Å². The third kappa shape index (κ3) is 2.36. The lowest BCUT2D eigenvalue weighted by Gasteiger charge is -2.15. The molecule has 0 saturated carbocycles. The molecule has 0 aliphatic carbocycles. The smallest absolute Gasteiger partial charge is 0.265 e. The number of hydrogen-bond donors (Lipinski definition) is 1. The Labute approximate surface area is 127 Å². The molecule has 3 heterocycles. The van der Waals surface area contributed by atoms with Crippen LogP contribution in [0.15, 0.2) is 36.5 Å². The summed E-state index contributed by atoms with van der Waals surface area (Å²) in [5, 5.41) is 4.32. The molecule has 2 aliphatic heterocycles. The predicted octanol–water partition coefficient (Wildman–Crippen LogP) is 2.10. The Kier molecular flexibility index (Phi) is 3.24. The van der Waals surface area contributed by atoms with Crippen LogP contribution in [-0.4, -0.2) is 42.0 Å². The zero-order chi connectivity index (χ0) is 14.2. The van der Waals surface area contributed by atoms with E-state index in [0.717, 1.165) is 41.6 Å². The second-order valence-electron chi connectivity index (χ2n) is 5.78. The van der Waals surface area contributed by atoms with Crippen LogP contribution in [0.2, 0.25) is 0 Å². The summed E-state index contributed by atoms with van der Waals surface area (Å²) in [6.07, 6.45) is 1.72. The summed E-state index contributed by atoms with van der Waals surface area (Å²) in [6.45, 7) is 3.86. The van der Waals surface area contributed by atoms with Gasteiger partial charge in [0.15, 0.2) is 0 Å². The van der Waals surface area contributed by atoms with Crippen molar-refractivity contribution in [3.05, 3.63) is 41.4 Å². The summed E-state index contributed by atoms with van der Waals surface area (Å²) in [5.74, 6) is 1.41. The van der Waals surface area contributed by atoms with Gasteiger partial charge in [0.05, 0.1) is 6.20 Å². The molecule has 2 aromatic rings. The molecular formula is C16H17N3OS. The highest BCUT2D eigenvalue weighted by Gasteiger charge is 2.38.